The van der Waals surface area contributed by atoms with Gasteiger partial charge in [0.05, 0.1) is 11.6 Å². The molecule has 1 aliphatic heterocycles. The van der Waals surface area contributed by atoms with E-state index in [0.29, 0.717) is 0 Å². The van der Waals surface area contributed by atoms with E-state index in [1.807, 2.05) is 18.2 Å². The molecular formula is C16H15BrClNO. The maximum atomic E-state index is 6.07. The predicted molar refractivity (Wildman–Crippen MR) is 87.0 cm³/mol. The van der Waals surface area contributed by atoms with E-state index in [-0.39, 0.29) is 0 Å². The average molecular weight is 353 g/mol. The second kappa shape index (κ2) is 6.06. The van der Waals surface area contributed by atoms with Crippen LogP contribution in [0.5, 0.6) is 5.75 Å². The van der Waals surface area contributed by atoms with Crippen LogP contribution in [-0.4, -0.2) is 13.2 Å². The quantitative estimate of drug-likeness (QED) is 0.862. The highest BCUT2D eigenvalue weighted by Gasteiger charge is 2.11. The van der Waals surface area contributed by atoms with Gasteiger partial charge in [-0.05, 0) is 57.7 Å². The van der Waals surface area contributed by atoms with Gasteiger partial charge in [0.15, 0.2) is 0 Å². The van der Waals surface area contributed by atoms with Crippen molar-refractivity contribution in [1.29, 1.82) is 0 Å². The third-order valence-electron chi connectivity index (χ3n) is 3.42. The lowest BCUT2D eigenvalue weighted by Crippen LogP contribution is -2.04. The van der Waals surface area contributed by atoms with E-state index in [0.717, 1.165) is 46.9 Å². The minimum absolute atomic E-state index is 0.727. The van der Waals surface area contributed by atoms with Crippen molar-refractivity contribution in [3.8, 4) is 5.75 Å². The molecule has 0 amide bonds. The van der Waals surface area contributed by atoms with Crippen LogP contribution < -0.4 is 10.1 Å². The summed E-state index contributed by atoms with van der Waals surface area (Å²) < 4.78 is 6.44. The average Bonchev–Trinajstić information content (AvgIpc) is 2.90. The van der Waals surface area contributed by atoms with Gasteiger partial charge in [0.25, 0.3) is 0 Å². The summed E-state index contributed by atoms with van der Waals surface area (Å²) in [6.45, 7) is 1.70. The predicted octanol–water partition coefficient (Wildman–Crippen LogP) is 4.69. The number of anilines is 1. The Kier molecular flexibility index (Phi) is 4.18. The lowest BCUT2D eigenvalue weighted by atomic mass is 10.1. The van der Waals surface area contributed by atoms with Gasteiger partial charge >= 0.3 is 0 Å². The van der Waals surface area contributed by atoms with Gasteiger partial charge < -0.3 is 10.1 Å². The number of benzene rings is 2. The molecule has 0 spiro atoms. The molecule has 0 fully saturated rings. The van der Waals surface area contributed by atoms with E-state index in [1.165, 1.54) is 11.1 Å². The van der Waals surface area contributed by atoms with Crippen LogP contribution in [0.3, 0.4) is 0 Å². The van der Waals surface area contributed by atoms with E-state index in [9.17, 15) is 0 Å². The van der Waals surface area contributed by atoms with Gasteiger partial charge in [-0.3, -0.25) is 0 Å². The van der Waals surface area contributed by atoms with Crippen molar-refractivity contribution in [2.75, 3.05) is 18.5 Å². The first-order valence-corrected chi connectivity index (χ1v) is 7.83. The van der Waals surface area contributed by atoms with Crippen LogP contribution in [0, 0.1) is 0 Å². The fourth-order valence-corrected chi connectivity index (χ4v) is 2.78. The number of nitrogens with one attached hydrogen (secondary N) is 1. The van der Waals surface area contributed by atoms with Crippen LogP contribution >= 0.6 is 27.5 Å². The first kappa shape index (κ1) is 13.8. The van der Waals surface area contributed by atoms with Crippen molar-refractivity contribution in [3.05, 3.63) is 57.0 Å². The van der Waals surface area contributed by atoms with Crippen molar-refractivity contribution < 1.29 is 4.74 Å². The zero-order chi connectivity index (χ0) is 13.9. The summed E-state index contributed by atoms with van der Waals surface area (Å²) in [5, 5.41) is 4.12. The summed E-state index contributed by atoms with van der Waals surface area (Å²) in [7, 11) is 0. The fourth-order valence-electron chi connectivity index (χ4n) is 2.35. The summed E-state index contributed by atoms with van der Waals surface area (Å²) in [4.78, 5) is 0. The monoisotopic (exact) mass is 351 g/mol. The topological polar surface area (TPSA) is 21.3 Å². The molecule has 0 saturated carbocycles. The largest absolute Gasteiger partial charge is 0.493 e. The first-order valence-electron chi connectivity index (χ1n) is 6.66. The standard InChI is InChI=1S/C16H15BrClNO/c17-14-3-2-13(10-15(14)18)19-7-5-11-1-4-16-12(9-11)6-8-20-16/h1-4,9-10,19H,5-8H2. The Hall–Kier alpha value is -1.19. The fraction of sp³-hybridized carbons (Fsp3) is 0.250. The molecule has 0 atom stereocenters. The highest BCUT2D eigenvalue weighted by atomic mass is 79.9. The maximum absolute atomic E-state index is 6.07. The lowest BCUT2D eigenvalue weighted by molar-refractivity contribution is 0.357. The van der Waals surface area contributed by atoms with Crippen LogP contribution in [0.25, 0.3) is 0 Å². The molecule has 2 aromatic carbocycles. The maximum Gasteiger partial charge on any atom is 0.122 e. The summed E-state index contributed by atoms with van der Waals surface area (Å²) >= 11 is 9.46. The van der Waals surface area contributed by atoms with Crippen LogP contribution in [0.2, 0.25) is 5.02 Å². The van der Waals surface area contributed by atoms with Gasteiger partial charge in [-0.1, -0.05) is 23.7 Å². The number of rotatable bonds is 4. The Morgan fingerprint density at radius 3 is 2.95 bits per heavy atom. The smallest absolute Gasteiger partial charge is 0.122 e. The lowest BCUT2D eigenvalue weighted by Gasteiger charge is -2.08. The van der Waals surface area contributed by atoms with Gasteiger partial charge in [0.2, 0.25) is 0 Å². The van der Waals surface area contributed by atoms with Gasteiger partial charge in [-0.25, -0.2) is 0 Å². The molecular weight excluding hydrogens is 338 g/mol. The number of hydrogen-bond donors (Lipinski definition) is 1. The van der Waals surface area contributed by atoms with E-state index in [1.54, 1.807) is 0 Å². The first-order chi connectivity index (χ1) is 9.72. The second-order valence-corrected chi connectivity index (χ2v) is 6.11. The molecule has 0 aliphatic carbocycles. The second-order valence-electron chi connectivity index (χ2n) is 4.85. The Morgan fingerprint density at radius 2 is 2.10 bits per heavy atom. The molecule has 2 nitrogen and oxygen atoms in total. The number of halogens is 2. The molecule has 2 aromatic rings. The minimum atomic E-state index is 0.727. The van der Waals surface area contributed by atoms with Gasteiger partial charge in [-0.15, -0.1) is 0 Å². The third kappa shape index (κ3) is 3.10. The van der Waals surface area contributed by atoms with Crippen LogP contribution in [0.1, 0.15) is 11.1 Å². The Bertz CT molecular complexity index is 630. The van der Waals surface area contributed by atoms with Gasteiger partial charge in [0.1, 0.15) is 5.75 Å². The number of ether oxygens (including phenoxy) is 1. The summed E-state index contributed by atoms with van der Waals surface area (Å²) in [5.74, 6) is 1.04. The third-order valence-corrected chi connectivity index (χ3v) is 4.65. The molecule has 0 radical (unpaired) electrons. The SMILES string of the molecule is Clc1cc(NCCc2ccc3c(c2)CCO3)ccc1Br. The summed E-state index contributed by atoms with van der Waals surface area (Å²) in [5.41, 5.74) is 3.71. The molecule has 4 heteroatoms. The number of hydrogen-bond acceptors (Lipinski definition) is 2. The molecule has 0 saturated heterocycles. The van der Waals surface area contributed by atoms with Crippen molar-refractivity contribution in [3.63, 3.8) is 0 Å². The Balaban J connectivity index is 1.58. The van der Waals surface area contributed by atoms with E-state index in [2.05, 4.69) is 39.4 Å². The number of fused-ring (bicyclic) bond motifs is 1. The molecule has 0 unspecified atom stereocenters. The Morgan fingerprint density at radius 1 is 1.20 bits per heavy atom. The molecule has 1 N–H and O–H groups in total. The van der Waals surface area contributed by atoms with Crippen LogP contribution in [0.15, 0.2) is 40.9 Å². The van der Waals surface area contributed by atoms with Gasteiger partial charge in [0, 0.05) is 23.1 Å². The molecule has 104 valence electrons. The molecule has 0 aromatic heterocycles. The molecule has 1 heterocycles. The normalized spacial score (nSPS) is 12.9. The highest BCUT2D eigenvalue weighted by molar-refractivity contribution is 9.10. The van der Waals surface area contributed by atoms with Crippen molar-refractivity contribution in [2.45, 2.75) is 12.8 Å². The highest BCUT2D eigenvalue weighted by Crippen LogP contribution is 2.27. The zero-order valence-corrected chi connectivity index (χ0v) is 13.3. The molecule has 20 heavy (non-hydrogen) atoms. The van der Waals surface area contributed by atoms with E-state index < -0.39 is 0 Å². The van der Waals surface area contributed by atoms with E-state index >= 15 is 0 Å². The molecule has 1 aliphatic rings. The Labute approximate surface area is 132 Å². The summed E-state index contributed by atoms with van der Waals surface area (Å²) in [6.07, 6.45) is 2.01. The minimum Gasteiger partial charge on any atom is -0.493 e. The van der Waals surface area contributed by atoms with Gasteiger partial charge in [-0.2, -0.15) is 0 Å². The van der Waals surface area contributed by atoms with Crippen molar-refractivity contribution in [2.24, 2.45) is 0 Å². The van der Waals surface area contributed by atoms with Crippen molar-refractivity contribution in [1.82, 2.24) is 0 Å². The molecule has 0 bridgehead atoms. The van der Waals surface area contributed by atoms with Crippen LogP contribution in [-0.2, 0) is 12.8 Å². The molecule has 3 rings (SSSR count). The van der Waals surface area contributed by atoms with E-state index in [4.69, 9.17) is 16.3 Å². The zero-order valence-electron chi connectivity index (χ0n) is 11.0. The van der Waals surface area contributed by atoms with Crippen molar-refractivity contribution >= 4 is 33.2 Å². The summed E-state index contributed by atoms with van der Waals surface area (Å²) in [6, 6.07) is 12.4. The van der Waals surface area contributed by atoms with Crippen LogP contribution in [0.4, 0.5) is 5.69 Å².